The molecule has 0 aromatic rings. The van der Waals surface area contributed by atoms with Gasteiger partial charge in [-0.2, -0.15) is 8.42 Å². The van der Waals surface area contributed by atoms with Crippen LogP contribution in [0.5, 0.6) is 0 Å². The zero-order valence-corrected chi connectivity index (χ0v) is 8.92. The Morgan fingerprint density at radius 2 is 2.00 bits per heavy atom. The van der Waals surface area contributed by atoms with E-state index in [0.717, 1.165) is 6.08 Å². The number of esters is 1. The molecule has 5 nitrogen and oxygen atoms in total. The number of carbonyl (C=O) groups is 1. The van der Waals surface area contributed by atoms with Crippen molar-refractivity contribution in [2.45, 2.75) is 12.8 Å². The zero-order chi connectivity index (χ0) is 10.3. The second-order valence-electron chi connectivity index (χ2n) is 2.36. The Hall–Kier alpha value is -0.283. The molecular weight excluding hydrogens is 203 g/mol. The summed E-state index contributed by atoms with van der Waals surface area (Å²) in [5.74, 6) is -0.842. The standard InChI is InChI=1S/C7H12O5S.Li/c1-2-7(8)12-5-3-4-6-13(9,10)11;/h2H,1,3-6H2,(H,9,10,11);. The summed E-state index contributed by atoms with van der Waals surface area (Å²) in [6.07, 6.45) is 1.70. The first kappa shape index (κ1) is 16.2. The topological polar surface area (TPSA) is 80.7 Å². The first-order chi connectivity index (χ1) is 5.95. The first-order valence-electron chi connectivity index (χ1n) is 3.70. The van der Waals surface area contributed by atoms with E-state index in [1.54, 1.807) is 0 Å². The molecule has 0 aliphatic heterocycles. The third-order valence-electron chi connectivity index (χ3n) is 1.21. The van der Waals surface area contributed by atoms with Gasteiger partial charge < -0.3 is 4.74 Å². The zero-order valence-electron chi connectivity index (χ0n) is 8.10. The molecule has 0 aliphatic carbocycles. The minimum atomic E-state index is -3.89. The second-order valence-corrected chi connectivity index (χ2v) is 3.94. The SMILES string of the molecule is C=CC(=O)OCCCCS(=O)(=O)O.[Li]. The first-order valence-corrected chi connectivity index (χ1v) is 5.31. The van der Waals surface area contributed by atoms with Crippen LogP contribution in [0, 0.1) is 0 Å². The molecule has 0 aromatic heterocycles. The number of unbranched alkanes of at least 4 members (excludes halogenated alkanes) is 1. The van der Waals surface area contributed by atoms with Gasteiger partial charge in [0.1, 0.15) is 0 Å². The van der Waals surface area contributed by atoms with Gasteiger partial charge in [0.25, 0.3) is 10.1 Å². The quantitative estimate of drug-likeness (QED) is 0.222. The van der Waals surface area contributed by atoms with Crippen molar-refractivity contribution in [3.05, 3.63) is 12.7 Å². The Morgan fingerprint density at radius 3 is 2.43 bits per heavy atom. The van der Waals surface area contributed by atoms with Crippen molar-refractivity contribution >= 4 is 34.9 Å². The fraction of sp³-hybridized carbons (Fsp3) is 0.571. The monoisotopic (exact) mass is 215 g/mol. The molecule has 0 saturated heterocycles. The van der Waals surface area contributed by atoms with Crippen molar-refractivity contribution < 1.29 is 22.5 Å². The summed E-state index contributed by atoms with van der Waals surface area (Å²) in [6.45, 7) is 3.33. The summed E-state index contributed by atoms with van der Waals surface area (Å²) in [4.78, 5) is 10.5. The maximum atomic E-state index is 10.5. The summed E-state index contributed by atoms with van der Waals surface area (Å²) in [7, 11) is -3.89. The van der Waals surface area contributed by atoms with E-state index in [-0.39, 0.29) is 37.6 Å². The maximum Gasteiger partial charge on any atom is 0.330 e. The predicted molar refractivity (Wildman–Crippen MR) is 52.6 cm³/mol. The number of rotatable bonds is 6. The van der Waals surface area contributed by atoms with E-state index in [2.05, 4.69) is 11.3 Å². The summed E-state index contributed by atoms with van der Waals surface area (Å²) in [5.41, 5.74) is 0. The normalized spacial score (nSPS) is 10.1. The van der Waals surface area contributed by atoms with Crippen LogP contribution in [0.3, 0.4) is 0 Å². The van der Waals surface area contributed by atoms with Crippen molar-refractivity contribution in [1.29, 1.82) is 0 Å². The van der Waals surface area contributed by atoms with E-state index in [1.807, 2.05) is 0 Å². The van der Waals surface area contributed by atoms with Gasteiger partial charge in [-0.05, 0) is 12.8 Å². The Morgan fingerprint density at radius 1 is 1.43 bits per heavy atom. The number of ether oxygens (including phenoxy) is 1. The van der Waals surface area contributed by atoms with Crippen LogP contribution in [0.2, 0.25) is 0 Å². The fourth-order valence-corrected chi connectivity index (χ4v) is 1.19. The van der Waals surface area contributed by atoms with Gasteiger partial charge in [0.2, 0.25) is 0 Å². The molecule has 0 unspecified atom stereocenters. The molecule has 1 N–H and O–H groups in total. The van der Waals surface area contributed by atoms with E-state index < -0.39 is 16.1 Å². The van der Waals surface area contributed by atoms with Gasteiger partial charge in [-0.1, -0.05) is 6.58 Å². The smallest absolute Gasteiger partial charge is 0.330 e. The molecule has 7 heteroatoms. The van der Waals surface area contributed by atoms with Crippen LogP contribution >= 0.6 is 0 Å². The molecule has 0 aromatic carbocycles. The molecule has 0 amide bonds. The maximum absolute atomic E-state index is 10.5. The minimum absolute atomic E-state index is 0. The Kier molecular flexibility index (Phi) is 9.30. The van der Waals surface area contributed by atoms with Crippen LogP contribution in [0.1, 0.15) is 12.8 Å². The number of carbonyl (C=O) groups excluding carboxylic acids is 1. The second kappa shape index (κ2) is 8.06. The average molecular weight is 215 g/mol. The minimum Gasteiger partial charge on any atom is -0.463 e. The molecule has 0 aliphatic rings. The van der Waals surface area contributed by atoms with Crippen LogP contribution in [0.4, 0.5) is 0 Å². The van der Waals surface area contributed by atoms with Crippen LogP contribution < -0.4 is 0 Å². The number of hydrogen-bond acceptors (Lipinski definition) is 4. The summed E-state index contributed by atoms with van der Waals surface area (Å²) in [6, 6.07) is 0. The molecule has 0 bridgehead atoms. The third-order valence-corrected chi connectivity index (χ3v) is 2.01. The van der Waals surface area contributed by atoms with Crippen molar-refractivity contribution in [3.63, 3.8) is 0 Å². The molecule has 0 saturated carbocycles. The Bertz CT molecular complexity index is 272. The fourth-order valence-electron chi connectivity index (χ4n) is 0.618. The molecule has 14 heavy (non-hydrogen) atoms. The average Bonchev–Trinajstić information content (AvgIpc) is 2.01. The van der Waals surface area contributed by atoms with E-state index in [9.17, 15) is 13.2 Å². The van der Waals surface area contributed by atoms with Gasteiger partial charge in [-0.3, -0.25) is 4.55 Å². The van der Waals surface area contributed by atoms with Crippen molar-refractivity contribution in [2.75, 3.05) is 12.4 Å². The third kappa shape index (κ3) is 11.7. The molecule has 0 spiro atoms. The molecule has 1 radical (unpaired) electrons. The molecule has 0 fully saturated rings. The molecular formula is C7H12LiO5S. The van der Waals surface area contributed by atoms with Crippen LogP contribution in [-0.4, -0.2) is 50.2 Å². The van der Waals surface area contributed by atoms with E-state index in [1.165, 1.54) is 0 Å². The van der Waals surface area contributed by atoms with Gasteiger partial charge >= 0.3 is 5.97 Å². The van der Waals surface area contributed by atoms with Crippen LogP contribution in [0.25, 0.3) is 0 Å². The van der Waals surface area contributed by atoms with Gasteiger partial charge in [0.15, 0.2) is 0 Å². The summed E-state index contributed by atoms with van der Waals surface area (Å²) < 4.78 is 33.3. The van der Waals surface area contributed by atoms with Crippen LogP contribution in [0.15, 0.2) is 12.7 Å². The molecule has 0 rings (SSSR count). The van der Waals surface area contributed by atoms with Gasteiger partial charge in [0, 0.05) is 24.9 Å². The van der Waals surface area contributed by atoms with E-state index >= 15 is 0 Å². The van der Waals surface area contributed by atoms with Crippen molar-refractivity contribution in [3.8, 4) is 0 Å². The largest absolute Gasteiger partial charge is 0.463 e. The van der Waals surface area contributed by atoms with Crippen molar-refractivity contribution in [2.24, 2.45) is 0 Å². The molecule has 77 valence electrons. The van der Waals surface area contributed by atoms with Gasteiger partial charge in [-0.25, -0.2) is 4.79 Å². The summed E-state index contributed by atoms with van der Waals surface area (Å²) >= 11 is 0. The molecule has 0 atom stereocenters. The Balaban J connectivity index is 0. The summed E-state index contributed by atoms with van der Waals surface area (Å²) in [5, 5.41) is 0. The molecule has 0 heterocycles. The van der Waals surface area contributed by atoms with Crippen LogP contribution in [-0.2, 0) is 19.6 Å². The van der Waals surface area contributed by atoms with Gasteiger partial charge in [0.05, 0.1) is 12.4 Å². The van der Waals surface area contributed by atoms with E-state index in [0.29, 0.717) is 6.42 Å². The predicted octanol–water partition coefficient (Wildman–Crippen LogP) is 0.00280. The number of hydrogen-bond donors (Lipinski definition) is 1. The van der Waals surface area contributed by atoms with E-state index in [4.69, 9.17) is 4.55 Å². The van der Waals surface area contributed by atoms with Gasteiger partial charge in [-0.15, -0.1) is 0 Å². The Labute approximate surface area is 95.4 Å². The van der Waals surface area contributed by atoms with Crippen molar-refractivity contribution in [1.82, 2.24) is 0 Å².